The summed E-state index contributed by atoms with van der Waals surface area (Å²) in [4.78, 5) is 9.44. The molecule has 1 aliphatic rings. The van der Waals surface area contributed by atoms with Crippen LogP contribution in [0.15, 0.2) is 55.2 Å². The summed E-state index contributed by atoms with van der Waals surface area (Å²) in [7, 11) is 1.88. The van der Waals surface area contributed by atoms with Crippen LogP contribution in [0.1, 0.15) is 28.3 Å². The molecule has 0 spiro atoms. The highest BCUT2D eigenvalue weighted by Crippen LogP contribution is 2.48. The molecule has 1 aliphatic heterocycles. The summed E-state index contributed by atoms with van der Waals surface area (Å²) in [5.41, 5.74) is 4.89. The van der Waals surface area contributed by atoms with Crippen LogP contribution in [-0.2, 0) is 13.8 Å². The number of halogens is 1. The van der Waals surface area contributed by atoms with E-state index in [4.69, 9.17) is 31.2 Å². The molecule has 0 aliphatic carbocycles. The van der Waals surface area contributed by atoms with Gasteiger partial charge < -0.3 is 9.47 Å². The van der Waals surface area contributed by atoms with E-state index in [0.29, 0.717) is 39.7 Å². The zero-order valence-corrected chi connectivity index (χ0v) is 20.5. The van der Waals surface area contributed by atoms with Crippen LogP contribution in [0.3, 0.4) is 0 Å². The van der Waals surface area contributed by atoms with E-state index < -0.39 is 0 Å². The molecule has 13 heteroatoms. The van der Waals surface area contributed by atoms with Crippen molar-refractivity contribution in [1.29, 1.82) is 0 Å². The van der Waals surface area contributed by atoms with Gasteiger partial charge in [0, 0.05) is 41.3 Å². The van der Waals surface area contributed by atoms with Crippen molar-refractivity contribution in [2.45, 2.75) is 19.6 Å². The molecule has 12 nitrogen and oxygen atoms in total. The third kappa shape index (κ3) is 3.52. The second-order valence-electron chi connectivity index (χ2n) is 8.66. The van der Waals surface area contributed by atoms with Crippen molar-refractivity contribution in [2.24, 2.45) is 7.05 Å². The van der Waals surface area contributed by atoms with E-state index in [9.17, 15) is 0 Å². The Hall–Kier alpha value is -4.71. The third-order valence-corrected chi connectivity index (χ3v) is 6.54. The fourth-order valence-corrected chi connectivity index (χ4v) is 4.71. The third-order valence-electron chi connectivity index (χ3n) is 6.29. The van der Waals surface area contributed by atoms with E-state index in [1.807, 2.05) is 32.4 Å². The van der Waals surface area contributed by atoms with Gasteiger partial charge in [0.25, 0.3) is 0 Å². The van der Waals surface area contributed by atoms with E-state index in [-0.39, 0.29) is 12.6 Å². The van der Waals surface area contributed by atoms with Crippen molar-refractivity contribution < 1.29 is 9.47 Å². The average molecular weight is 515 g/mol. The van der Waals surface area contributed by atoms with Crippen LogP contribution in [0, 0.1) is 6.92 Å². The SMILES string of the molecule is Cc1[nH]nc2c1C(c1cnn(C)c1)c1c(ncn3nc(-c4ccnn4COc4ccc(Cl)cc4)nc13)O2. The Labute approximate surface area is 214 Å². The number of ether oxygens (including phenoxy) is 2. The first kappa shape index (κ1) is 21.6. The summed E-state index contributed by atoms with van der Waals surface area (Å²) in [5, 5.41) is 21.5. The molecule has 0 saturated carbocycles. The quantitative estimate of drug-likeness (QED) is 0.368. The Bertz CT molecular complexity index is 1760. The van der Waals surface area contributed by atoms with Crippen LogP contribution in [0.2, 0.25) is 5.02 Å². The number of aromatic amines is 1. The molecular formula is C24H19ClN10O2. The molecule has 1 unspecified atom stereocenters. The number of hydrogen-bond donors (Lipinski definition) is 1. The van der Waals surface area contributed by atoms with Crippen molar-refractivity contribution in [1.82, 2.24) is 49.3 Å². The largest absolute Gasteiger partial charge is 0.471 e. The van der Waals surface area contributed by atoms with Gasteiger partial charge in [0.1, 0.15) is 17.8 Å². The van der Waals surface area contributed by atoms with Gasteiger partial charge in [-0.15, -0.1) is 10.2 Å². The normalized spacial score (nSPS) is 14.4. The second-order valence-corrected chi connectivity index (χ2v) is 9.10. The second kappa shape index (κ2) is 8.17. The summed E-state index contributed by atoms with van der Waals surface area (Å²) in [5.74, 6) is 1.84. The number of aromatic nitrogens is 10. The summed E-state index contributed by atoms with van der Waals surface area (Å²) >= 11 is 5.97. The number of aryl methyl sites for hydroxylation is 2. The maximum Gasteiger partial charge on any atom is 0.244 e. The van der Waals surface area contributed by atoms with Gasteiger partial charge in [0.05, 0.1) is 17.7 Å². The lowest BCUT2D eigenvalue weighted by atomic mass is 9.86. The van der Waals surface area contributed by atoms with Crippen molar-refractivity contribution in [2.75, 3.05) is 0 Å². The van der Waals surface area contributed by atoms with Gasteiger partial charge in [-0.05, 0) is 37.3 Å². The maximum atomic E-state index is 6.08. The number of hydrogen-bond acceptors (Lipinski definition) is 8. The molecule has 0 bridgehead atoms. The molecular weight excluding hydrogens is 496 g/mol. The Morgan fingerprint density at radius 2 is 1.97 bits per heavy atom. The number of H-pyrrole nitrogens is 1. The van der Waals surface area contributed by atoms with Gasteiger partial charge >= 0.3 is 0 Å². The van der Waals surface area contributed by atoms with E-state index in [0.717, 1.165) is 22.4 Å². The molecule has 0 saturated heterocycles. The van der Waals surface area contributed by atoms with Crippen molar-refractivity contribution in [3.05, 3.63) is 82.7 Å². The summed E-state index contributed by atoms with van der Waals surface area (Å²) in [6.45, 7) is 2.14. The van der Waals surface area contributed by atoms with Gasteiger partial charge in [-0.3, -0.25) is 9.78 Å². The fraction of sp³-hybridized carbons (Fsp3) is 0.167. The van der Waals surface area contributed by atoms with Crippen molar-refractivity contribution in [3.63, 3.8) is 0 Å². The van der Waals surface area contributed by atoms with Crippen LogP contribution in [0.5, 0.6) is 17.5 Å². The van der Waals surface area contributed by atoms with E-state index >= 15 is 0 Å². The van der Waals surface area contributed by atoms with Crippen LogP contribution >= 0.6 is 11.6 Å². The minimum atomic E-state index is -0.238. The summed E-state index contributed by atoms with van der Waals surface area (Å²) < 4.78 is 17.1. The minimum absolute atomic E-state index is 0.175. The first-order valence-electron chi connectivity index (χ1n) is 11.4. The minimum Gasteiger partial charge on any atom is -0.471 e. The Morgan fingerprint density at radius 1 is 1.11 bits per heavy atom. The molecule has 5 aromatic heterocycles. The summed E-state index contributed by atoms with van der Waals surface area (Å²) in [6, 6.07) is 8.99. The number of fused-ring (bicyclic) bond motifs is 4. The predicted molar refractivity (Wildman–Crippen MR) is 132 cm³/mol. The predicted octanol–water partition coefficient (Wildman–Crippen LogP) is 3.73. The van der Waals surface area contributed by atoms with Gasteiger partial charge in [-0.2, -0.15) is 10.2 Å². The lowest BCUT2D eigenvalue weighted by molar-refractivity contribution is 0.223. The van der Waals surface area contributed by atoms with Crippen LogP contribution in [-0.4, -0.2) is 49.3 Å². The molecule has 1 aromatic carbocycles. The fourth-order valence-electron chi connectivity index (χ4n) is 4.59. The maximum absolute atomic E-state index is 6.08. The highest BCUT2D eigenvalue weighted by Gasteiger charge is 2.37. The van der Waals surface area contributed by atoms with Gasteiger partial charge in [0.2, 0.25) is 17.6 Å². The Kier molecular flexibility index (Phi) is 4.76. The number of nitrogens with one attached hydrogen (secondary N) is 1. The van der Waals surface area contributed by atoms with Crippen LogP contribution in [0.25, 0.3) is 17.2 Å². The number of rotatable bonds is 5. The van der Waals surface area contributed by atoms with Crippen LogP contribution < -0.4 is 9.47 Å². The first-order valence-corrected chi connectivity index (χ1v) is 11.8. The molecule has 0 radical (unpaired) electrons. The number of benzene rings is 1. The number of nitrogens with zero attached hydrogens (tertiary/aromatic N) is 9. The lowest BCUT2D eigenvalue weighted by Crippen LogP contribution is -2.14. The van der Waals surface area contributed by atoms with Crippen LogP contribution in [0.4, 0.5) is 0 Å². The van der Waals surface area contributed by atoms with Crippen molar-refractivity contribution in [3.8, 4) is 29.0 Å². The van der Waals surface area contributed by atoms with Gasteiger partial charge in [-0.25, -0.2) is 19.2 Å². The molecule has 7 rings (SSSR count). The first-order chi connectivity index (χ1) is 18.0. The molecule has 37 heavy (non-hydrogen) atoms. The molecule has 1 N–H and O–H groups in total. The Balaban J connectivity index is 1.31. The molecule has 0 amide bonds. The summed E-state index contributed by atoms with van der Waals surface area (Å²) in [6.07, 6.45) is 7.07. The standard InChI is InChI=1S/C24H19ClN10O2/c1-13-18-19(14-9-28-33(2)10-14)20-22-29-21(32-34(22)11-26-23(20)37-24(18)31-30-13)17-7-8-27-35(17)12-36-16-5-3-15(25)4-6-16/h3-11,19H,12H2,1-2H3,(H,30,31). The molecule has 6 aromatic rings. The molecule has 6 heterocycles. The van der Waals surface area contributed by atoms with Gasteiger partial charge in [0.15, 0.2) is 12.4 Å². The van der Waals surface area contributed by atoms with E-state index in [1.54, 1.807) is 50.7 Å². The zero-order chi connectivity index (χ0) is 25.1. The molecule has 184 valence electrons. The lowest BCUT2D eigenvalue weighted by Gasteiger charge is -2.24. The van der Waals surface area contributed by atoms with Gasteiger partial charge in [-0.1, -0.05) is 11.6 Å². The highest BCUT2D eigenvalue weighted by molar-refractivity contribution is 6.30. The average Bonchev–Trinajstić information content (AvgIpc) is 3.69. The highest BCUT2D eigenvalue weighted by atomic mass is 35.5. The smallest absolute Gasteiger partial charge is 0.244 e. The van der Waals surface area contributed by atoms with Crippen molar-refractivity contribution >= 4 is 17.2 Å². The van der Waals surface area contributed by atoms with E-state index in [2.05, 4.69) is 25.4 Å². The molecule has 1 atom stereocenters. The molecule has 0 fully saturated rings. The monoisotopic (exact) mass is 514 g/mol. The zero-order valence-electron chi connectivity index (χ0n) is 19.7. The topological polar surface area (TPSA) is 126 Å². The van der Waals surface area contributed by atoms with E-state index in [1.165, 1.54) is 0 Å². The Morgan fingerprint density at radius 3 is 2.78 bits per heavy atom.